The van der Waals surface area contributed by atoms with Gasteiger partial charge in [0, 0.05) is 18.0 Å². The van der Waals surface area contributed by atoms with Gasteiger partial charge in [-0.05, 0) is 26.8 Å². The second-order valence-electron chi connectivity index (χ2n) is 4.47. The monoisotopic (exact) mass is 232 g/mol. The number of carbonyl (C=O) groups excluding carboxylic acids is 1. The molecule has 0 fully saturated rings. The van der Waals surface area contributed by atoms with E-state index in [2.05, 4.69) is 16.8 Å². The Balaban J connectivity index is 2.88. The molecule has 90 valence electrons. The Morgan fingerprint density at radius 2 is 2.18 bits per heavy atom. The Kier molecular flexibility index (Phi) is 4.24. The van der Waals surface area contributed by atoms with Crippen molar-refractivity contribution in [2.75, 3.05) is 6.54 Å². The van der Waals surface area contributed by atoms with Crippen molar-refractivity contribution in [3.05, 3.63) is 29.6 Å². The zero-order valence-corrected chi connectivity index (χ0v) is 10.3. The number of pyridine rings is 1. The van der Waals surface area contributed by atoms with Gasteiger partial charge in [-0.3, -0.25) is 4.98 Å². The highest BCUT2D eigenvalue weighted by Crippen LogP contribution is 2.12. The molecule has 1 aromatic heterocycles. The highest BCUT2D eigenvalue weighted by Gasteiger charge is 2.18. The highest BCUT2D eigenvalue weighted by atomic mass is 16.6. The maximum Gasteiger partial charge on any atom is 0.340 e. The van der Waals surface area contributed by atoms with Crippen molar-refractivity contribution in [2.24, 2.45) is 5.73 Å². The Morgan fingerprint density at radius 1 is 1.47 bits per heavy atom. The molecular formula is C13H16N2O2. The molecule has 4 heteroatoms. The second kappa shape index (κ2) is 5.46. The predicted molar refractivity (Wildman–Crippen MR) is 65.3 cm³/mol. The van der Waals surface area contributed by atoms with Crippen molar-refractivity contribution >= 4 is 5.97 Å². The number of esters is 1. The van der Waals surface area contributed by atoms with Crippen molar-refractivity contribution in [3.8, 4) is 11.8 Å². The maximum absolute atomic E-state index is 11.8. The lowest BCUT2D eigenvalue weighted by molar-refractivity contribution is 0.00690. The number of rotatable bonds is 1. The standard InChI is InChI=1S/C13H16N2O2/c1-13(2,3)17-12(16)11-7-10(5-4-6-14)8-15-9-11/h7-9H,6,14H2,1-3H3. The van der Waals surface area contributed by atoms with Gasteiger partial charge in [-0.2, -0.15) is 0 Å². The average Bonchev–Trinajstić information content (AvgIpc) is 2.24. The Hall–Kier alpha value is -1.86. The lowest BCUT2D eigenvalue weighted by Gasteiger charge is -2.19. The van der Waals surface area contributed by atoms with Gasteiger partial charge in [0.1, 0.15) is 5.60 Å². The maximum atomic E-state index is 11.8. The number of nitrogens with zero attached hydrogens (tertiary/aromatic N) is 1. The van der Waals surface area contributed by atoms with Crippen molar-refractivity contribution in [1.82, 2.24) is 4.98 Å². The van der Waals surface area contributed by atoms with Crippen LogP contribution >= 0.6 is 0 Å². The molecule has 0 saturated heterocycles. The number of carbonyl (C=O) groups is 1. The fourth-order valence-electron chi connectivity index (χ4n) is 1.11. The molecule has 0 amide bonds. The van der Waals surface area contributed by atoms with Gasteiger partial charge in [-0.25, -0.2) is 4.79 Å². The molecule has 0 atom stereocenters. The first-order valence-electron chi connectivity index (χ1n) is 5.30. The van der Waals surface area contributed by atoms with Gasteiger partial charge in [-0.15, -0.1) is 0 Å². The van der Waals surface area contributed by atoms with Gasteiger partial charge in [0.05, 0.1) is 12.1 Å². The predicted octanol–water partition coefficient (Wildman–Crippen LogP) is 1.35. The molecule has 0 spiro atoms. The minimum absolute atomic E-state index is 0.274. The Labute approximate surface area is 101 Å². The molecule has 1 aromatic rings. The summed E-state index contributed by atoms with van der Waals surface area (Å²) in [4.78, 5) is 15.7. The summed E-state index contributed by atoms with van der Waals surface area (Å²) in [5.41, 5.74) is 5.80. The molecule has 17 heavy (non-hydrogen) atoms. The molecule has 0 unspecified atom stereocenters. The van der Waals surface area contributed by atoms with Gasteiger partial charge in [0.25, 0.3) is 0 Å². The zero-order chi connectivity index (χ0) is 12.9. The molecule has 0 aliphatic rings. The van der Waals surface area contributed by atoms with E-state index in [4.69, 9.17) is 10.5 Å². The molecule has 0 saturated carbocycles. The largest absolute Gasteiger partial charge is 0.456 e. The molecule has 1 heterocycles. The number of hydrogen-bond acceptors (Lipinski definition) is 4. The molecular weight excluding hydrogens is 216 g/mol. The smallest absolute Gasteiger partial charge is 0.340 e. The van der Waals surface area contributed by atoms with Gasteiger partial charge in [0.2, 0.25) is 0 Å². The summed E-state index contributed by atoms with van der Waals surface area (Å²) in [6.45, 7) is 5.72. The second-order valence-corrected chi connectivity index (χ2v) is 4.47. The van der Waals surface area contributed by atoms with E-state index in [0.717, 1.165) is 0 Å². The van der Waals surface area contributed by atoms with Gasteiger partial charge >= 0.3 is 5.97 Å². The van der Waals surface area contributed by atoms with Crippen LogP contribution in [0.15, 0.2) is 18.5 Å². The van der Waals surface area contributed by atoms with E-state index >= 15 is 0 Å². The van der Waals surface area contributed by atoms with Crippen LogP contribution in [0.4, 0.5) is 0 Å². The van der Waals surface area contributed by atoms with E-state index in [1.807, 2.05) is 20.8 Å². The van der Waals surface area contributed by atoms with Gasteiger partial charge < -0.3 is 10.5 Å². The number of aromatic nitrogens is 1. The van der Waals surface area contributed by atoms with Crippen LogP contribution in [0.5, 0.6) is 0 Å². The first-order chi connectivity index (χ1) is 7.92. The van der Waals surface area contributed by atoms with Crippen molar-refractivity contribution in [1.29, 1.82) is 0 Å². The normalized spacial score (nSPS) is 10.4. The molecule has 0 aromatic carbocycles. The van der Waals surface area contributed by atoms with Crippen molar-refractivity contribution in [2.45, 2.75) is 26.4 Å². The number of hydrogen-bond donors (Lipinski definition) is 1. The van der Waals surface area contributed by atoms with Crippen LogP contribution in [0.3, 0.4) is 0 Å². The van der Waals surface area contributed by atoms with Gasteiger partial charge in [-0.1, -0.05) is 11.8 Å². The van der Waals surface area contributed by atoms with Crippen LogP contribution < -0.4 is 5.73 Å². The molecule has 0 aliphatic carbocycles. The molecule has 0 aliphatic heterocycles. The number of nitrogens with two attached hydrogens (primary N) is 1. The highest BCUT2D eigenvalue weighted by molar-refractivity contribution is 5.89. The summed E-state index contributed by atoms with van der Waals surface area (Å²) >= 11 is 0. The summed E-state index contributed by atoms with van der Waals surface area (Å²) < 4.78 is 5.23. The summed E-state index contributed by atoms with van der Waals surface area (Å²) in [6.07, 6.45) is 3.04. The summed E-state index contributed by atoms with van der Waals surface area (Å²) in [5.74, 6) is 5.12. The first-order valence-corrected chi connectivity index (χ1v) is 5.30. The van der Waals surface area contributed by atoms with Crippen LogP contribution in [0.2, 0.25) is 0 Å². The van der Waals surface area contributed by atoms with E-state index in [1.54, 1.807) is 12.3 Å². The molecule has 0 radical (unpaired) electrons. The van der Waals surface area contributed by atoms with Crippen LogP contribution in [-0.2, 0) is 4.74 Å². The van der Waals surface area contributed by atoms with Crippen LogP contribution in [0, 0.1) is 11.8 Å². The van der Waals surface area contributed by atoms with Crippen molar-refractivity contribution < 1.29 is 9.53 Å². The van der Waals surface area contributed by atoms with E-state index in [9.17, 15) is 4.79 Å². The fraction of sp³-hybridized carbons (Fsp3) is 0.385. The average molecular weight is 232 g/mol. The molecule has 1 rings (SSSR count). The fourth-order valence-corrected chi connectivity index (χ4v) is 1.11. The minimum Gasteiger partial charge on any atom is -0.456 e. The van der Waals surface area contributed by atoms with E-state index < -0.39 is 11.6 Å². The topological polar surface area (TPSA) is 65.2 Å². The van der Waals surface area contributed by atoms with Crippen LogP contribution in [-0.4, -0.2) is 23.1 Å². The third kappa shape index (κ3) is 4.66. The van der Waals surface area contributed by atoms with Gasteiger partial charge in [0.15, 0.2) is 0 Å². The zero-order valence-electron chi connectivity index (χ0n) is 10.3. The van der Waals surface area contributed by atoms with E-state index in [1.165, 1.54) is 6.20 Å². The van der Waals surface area contributed by atoms with Crippen LogP contribution in [0.1, 0.15) is 36.7 Å². The molecule has 4 nitrogen and oxygen atoms in total. The lowest BCUT2D eigenvalue weighted by atomic mass is 10.1. The first kappa shape index (κ1) is 13.2. The lowest BCUT2D eigenvalue weighted by Crippen LogP contribution is -2.24. The summed E-state index contributed by atoms with van der Waals surface area (Å²) in [7, 11) is 0. The summed E-state index contributed by atoms with van der Waals surface area (Å²) in [6, 6.07) is 1.64. The van der Waals surface area contributed by atoms with Crippen LogP contribution in [0.25, 0.3) is 0 Å². The summed E-state index contributed by atoms with van der Waals surface area (Å²) in [5, 5.41) is 0. The number of ether oxygens (including phenoxy) is 1. The third-order valence-electron chi connectivity index (χ3n) is 1.71. The Bertz CT molecular complexity index is 464. The quantitative estimate of drug-likeness (QED) is 0.586. The van der Waals surface area contributed by atoms with E-state index in [0.29, 0.717) is 11.1 Å². The SMILES string of the molecule is CC(C)(C)OC(=O)c1cncc(C#CCN)c1. The third-order valence-corrected chi connectivity index (χ3v) is 1.71. The minimum atomic E-state index is -0.518. The molecule has 2 N–H and O–H groups in total. The Morgan fingerprint density at radius 3 is 2.76 bits per heavy atom. The van der Waals surface area contributed by atoms with E-state index in [-0.39, 0.29) is 6.54 Å². The van der Waals surface area contributed by atoms with Crippen molar-refractivity contribution in [3.63, 3.8) is 0 Å². The molecule has 0 bridgehead atoms.